The zero-order chi connectivity index (χ0) is 14.5. The largest absolute Gasteiger partial charge is 0.478 e. The molecule has 20 heavy (non-hydrogen) atoms. The Hall–Kier alpha value is -1.85. The Kier molecular flexibility index (Phi) is 4.76. The van der Waals surface area contributed by atoms with E-state index in [0.717, 1.165) is 19.0 Å². The molecule has 2 atom stereocenters. The van der Waals surface area contributed by atoms with Crippen LogP contribution in [0, 0.1) is 11.7 Å². The zero-order valence-electron chi connectivity index (χ0n) is 11.5. The van der Waals surface area contributed by atoms with Gasteiger partial charge in [0, 0.05) is 25.1 Å². The van der Waals surface area contributed by atoms with Crippen LogP contribution < -0.4 is 4.74 Å². The number of hydrogen-bond donors (Lipinski definition) is 1. The molecule has 0 spiro atoms. The number of halogens is 1. The number of carboxylic acid groups (broad SMARTS) is 1. The van der Waals surface area contributed by atoms with Gasteiger partial charge in [0.05, 0.1) is 12.8 Å². The number of pyridine rings is 1. The minimum Gasteiger partial charge on any atom is -0.478 e. The number of ether oxygens (including phenoxy) is 1. The summed E-state index contributed by atoms with van der Waals surface area (Å²) in [4.78, 5) is 16.5. The summed E-state index contributed by atoms with van der Waals surface area (Å²) in [5, 5.41) is 9.20. The maximum atomic E-state index is 12.7. The lowest BCUT2D eigenvalue weighted by Gasteiger charge is -2.36. The summed E-state index contributed by atoms with van der Waals surface area (Å²) in [6.45, 7) is 3.02. The van der Waals surface area contributed by atoms with Crippen LogP contribution in [0.3, 0.4) is 0 Å². The highest BCUT2D eigenvalue weighted by atomic mass is 19.1. The average Bonchev–Trinajstić information content (AvgIpc) is 2.42. The fraction of sp³-hybridized carbons (Fsp3) is 0.571. The summed E-state index contributed by atoms with van der Waals surface area (Å²) < 4.78 is 18.1. The van der Waals surface area contributed by atoms with Gasteiger partial charge >= 0.3 is 6.09 Å². The first kappa shape index (κ1) is 14.6. The molecule has 1 N–H and O–H groups in total. The molecular weight excluding hydrogens is 263 g/mol. The van der Waals surface area contributed by atoms with Crippen LogP contribution in [0.15, 0.2) is 18.3 Å². The Labute approximate surface area is 117 Å². The lowest BCUT2D eigenvalue weighted by atomic mass is 9.93. The topological polar surface area (TPSA) is 62.7 Å². The van der Waals surface area contributed by atoms with E-state index < -0.39 is 11.9 Å². The Balaban J connectivity index is 1.83. The number of hydrogen-bond acceptors (Lipinski definition) is 3. The van der Waals surface area contributed by atoms with Crippen LogP contribution in [0.1, 0.15) is 26.2 Å². The molecule has 0 bridgehead atoms. The summed E-state index contributed by atoms with van der Waals surface area (Å²) in [6.07, 6.45) is 2.73. The monoisotopic (exact) mass is 282 g/mol. The smallest absolute Gasteiger partial charge is 0.407 e. The summed E-state index contributed by atoms with van der Waals surface area (Å²) >= 11 is 0. The summed E-state index contributed by atoms with van der Waals surface area (Å²) in [6, 6.07) is 2.74. The molecule has 1 fully saturated rings. The van der Waals surface area contributed by atoms with E-state index in [4.69, 9.17) is 4.74 Å². The third kappa shape index (κ3) is 3.82. The first-order chi connectivity index (χ1) is 9.56. The van der Waals surface area contributed by atoms with Crippen molar-refractivity contribution in [2.24, 2.45) is 5.92 Å². The van der Waals surface area contributed by atoms with E-state index in [1.54, 1.807) is 0 Å². The molecule has 1 saturated heterocycles. The van der Waals surface area contributed by atoms with Gasteiger partial charge in [-0.3, -0.25) is 0 Å². The van der Waals surface area contributed by atoms with E-state index in [9.17, 15) is 14.3 Å². The summed E-state index contributed by atoms with van der Waals surface area (Å²) in [5.74, 6) is 0.357. The molecule has 0 unspecified atom stereocenters. The number of aromatic nitrogens is 1. The molecule has 1 aromatic rings. The van der Waals surface area contributed by atoms with Gasteiger partial charge in [-0.2, -0.15) is 0 Å². The van der Waals surface area contributed by atoms with E-state index in [1.807, 2.05) is 0 Å². The quantitative estimate of drug-likeness (QED) is 0.922. The fourth-order valence-corrected chi connectivity index (χ4v) is 2.49. The Morgan fingerprint density at radius 3 is 3.00 bits per heavy atom. The average molecular weight is 282 g/mol. The molecule has 1 amide bonds. The van der Waals surface area contributed by atoms with Crippen molar-refractivity contribution in [3.8, 4) is 5.88 Å². The molecule has 2 heterocycles. The molecule has 0 aliphatic carbocycles. The van der Waals surface area contributed by atoms with Crippen LogP contribution in [-0.2, 0) is 0 Å². The molecule has 1 aliphatic heterocycles. The fourth-order valence-electron chi connectivity index (χ4n) is 2.49. The summed E-state index contributed by atoms with van der Waals surface area (Å²) in [7, 11) is 0. The van der Waals surface area contributed by atoms with Crippen molar-refractivity contribution in [2.45, 2.75) is 32.2 Å². The zero-order valence-corrected chi connectivity index (χ0v) is 11.5. The Bertz CT molecular complexity index is 452. The van der Waals surface area contributed by atoms with E-state index in [0.29, 0.717) is 31.4 Å². The highest BCUT2D eigenvalue weighted by Gasteiger charge is 2.29. The number of piperidine rings is 1. The van der Waals surface area contributed by atoms with Crippen molar-refractivity contribution in [3.63, 3.8) is 0 Å². The van der Waals surface area contributed by atoms with Crippen LogP contribution in [-0.4, -0.2) is 40.3 Å². The molecule has 0 radical (unpaired) electrons. The Morgan fingerprint density at radius 2 is 2.35 bits per heavy atom. The molecule has 1 aliphatic rings. The van der Waals surface area contributed by atoms with Gasteiger partial charge < -0.3 is 14.7 Å². The third-order valence-electron chi connectivity index (χ3n) is 3.59. The maximum absolute atomic E-state index is 12.7. The van der Waals surface area contributed by atoms with Gasteiger partial charge in [-0.05, 0) is 24.8 Å². The second-order valence-electron chi connectivity index (χ2n) is 5.22. The van der Waals surface area contributed by atoms with Crippen LogP contribution in [0.2, 0.25) is 0 Å². The van der Waals surface area contributed by atoms with Crippen LogP contribution in [0.4, 0.5) is 9.18 Å². The van der Waals surface area contributed by atoms with Crippen molar-refractivity contribution in [1.82, 2.24) is 9.88 Å². The molecule has 110 valence electrons. The van der Waals surface area contributed by atoms with Gasteiger partial charge in [0.2, 0.25) is 5.88 Å². The maximum Gasteiger partial charge on any atom is 0.407 e. The van der Waals surface area contributed by atoms with Crippen molar-refractivity contribution in [2.75, 3.05) is 13.2 Å². The van der Waals surface area contributed by atoms with Gasteiger partial charge in [-0.15, -0.1) is 0 Å². The minimum absolute atomic E-state index is 0.0100. The van der Waals surface area contributed by atoms with Crippen LogP contribution >= 0.6 is 0 Å². The van der Waals surface area contributed by atoms with E-state index >= 15 is 0 Å². The number of likely N-dealkylation sites (tertiary alicyclic amines) is 1. The molecule has 5 nitrogen and oxygen atoms in total. The SMILES string of the molecule is C[C@H]1CC[C@@H](CCOc2ccc(F)cn2)N(C(=O)O)C1. The molecular formula is C14H19FN2O3. The van der Waals surface area contributed by atoms with Crippen molar-refractivity contribution < 1.29 is 19.0 Å². The standard InChI is InChI=1S/C14H19FN2O3/c1-10-2-4-12(17(9-10)14(18)19)6-7-20-13-5-3-11(15)8-16-13/h3,5,8,10,12H,2,4,6-7,9H2,1H3,(H,18,19)/t10-,12-/m0/s1. The second-order valence-corrected chi connectivity index (χ2v) is 5.22. The molecule has 2 rings (SSSR count). The second kappa shape index (κ2) is 6.54. The predicted molar refractivity (Wildman–Crippen MR) is 71.2 cm³/mol. The molecule has 0 aromatic carbocycles. The van der Waals surface area contributed by atoms with Crippen LogP contribution in [0.25, 0.3) is 0 Å². The third-order valence-corrected chi connectivity index (χ3v) is 3.59. The van der Waals surface area contributed by atoms with Crippen molar-refractivity contribution in [3.05, 3.63) is 24.1 Å². The number of rotatable bonds is 4. The van der Waals surface area contributed by atoms with Gasteiger partial charge in [-0.25, -0.2) is 14.2 Å². The van der Waals surface area contributed by atoms with Gasteiger partial charge in [0.15, 0.2) is 0 Å². The normalized spacial score (nSPS) is 22.6. The van der Waals surface area contributed by atoms with Gasteiger partial charge in [-0.1, -0.05) is 6.92 Å². The van der Waals surface area contributed by atoms with Crippen LogP contribution in [0.5, 0.6) is 5.88 Å². The lowest BCUT2D eigenvalue weighted by molar-refractivity contribution is 0.0802. The lowest BCUT2D eigenvalue weighted by Crippen LogP contribution is -2.46. The Morgan fingerprint density at radius 1 is 1.55 bits per heavy atom. The highest BCUT2D eigenvalue weighted by Crippen LogP contribution is 2.24. The molecule has 1 aromatic heterocycles. The van der Waals surface area contributed by atoms with E-state index in [2.05, 4.69) is 11.9 Å². The summed E-state index contributed by atoms with van der Waals surface area (Å²) in [5.41, 5.74) is 0. The number of nitrogens with zero attached hydrogens (tertiary/aromatic N) is 2. The first-order valence-electron chi connectivity index (χ1n) is 6.80. The van der Waals surface area contributed by atoms with Gasteiger partial charge in [0.25, 0.3) is 0 Å². The van der Waals surface area contributed by atoms with E-state index in [-0.39, 0.29) is 6.04 Å². The van der Waals surface area contributed by atoms with Gasteiger partial charge in [0.1, 0.15) is 5.82 Å². The molecule has 6 heteroatoms. The predicted octanol–water partition coefficient (Wildman–Crippen LogP) is 2.77. The minimum atomic E-state index is -0.874. The van der Waals surface area contributed by atoms with Crippen molar-refractivity contribution >= 4 is 6.09 Å². The number of carbonyl (C=O) groups is 1. The first-order valence-corrected chi connectivity index (χ1v) is 6.80. The van der Waals surface area contributed by atoms with E-state index in [1.165, 1.54) is 17.0 Å². The highest BCUT2D eigenvalue weighted by molar-refractivity contribution is 5.65. The molecule has 0 saturated carbocycles. The number of amides is 1. The van der Waals surface area contributed by atoms with Crippen molar-refractivity contribution in [1.29, 1.82) is 0 Å².